The second-order valence-corrected chi connectivity index (χ2v) is 11.0. The van der Waals surface area contributed by atoms with Gasteiger partial charge in [0.15, 0.2) is 22.5 Å². The highest BCUT2D eigenvalue weighted by Crippen LogP contribution is 2.38. The van der Waals surface area contributed by atoms with Gasteiger partial charge in [-0.1, -0.05) is 31.0 Å². The van der Waals surface area contributed by atoms with Crippen LogP contribution in [0.5, 0.6) is 11.5 Å². The van der Waals surface area contributed by atoms with Crippen LogP contribution in [0.4, 0.5) is 5.00 Å². The molecule has 1 amide bonds. The molecule has 0 unspecified atom stereocenters. The Bertz CT molecular complexity index is 1280. The lowest BCUT2D eigenvalue weighted by Gasteiger charge is -2.25. The van der Waals surface area contributed by atoms with Crippen LogP contribution in [0.15, 0.2) is 23.4 Å². The number of aryl methyl sites for hydroxylation is 1. The number of hydrogen-bond acceptors (Lipinski definition) is 9. The van der Waals surface area contributed by atoms with Gasteiger partial charge in [0.25, 0.3) is 0 Å². The van der Waals surface area contributed by atoms with Crippen LogP contribution in [0, 0.1) is 13.8 Å². The standard InChI is InChI=1S/C26H32N4O5S2/c1-15-16(2)37-24(22(15)25(32)35-5)27-21(31)14-36-26-29-28-23(30(26)18-9-7-6-8-10-18)17-11-12-19(33-3)20(13-17)34-4/h11-13,18H,6-10,14H2,1-5H3,(H,27,31). The molecule has 0 radical (unpaired) electrons. The minimum atomic E-state index is -0.457. The summed E-state index contributed by atoms with van der Waals surface area (Å²) < 4.78 is 18.0. The van der Waals surface area contributed by atoms with Crippen LogP contribution >= 0.6 is 23.1 Å². The lowest BCUT2D eigenvalue weighted by atomic mass is 9.95. The highest BCUT2D eigenvalue weighted by Gasteiger charge is 2.26. The smallest absolute Gasteiger partial charge is 0.341 e. The molecule has 9 nitrogen and oxygen atoms in total. The lowest BCUT2D eigenvalue weighted by Crippen LogP contribution is -2.18. The quantitative estimate of drug-likeness (QED) is 0.272. The molecule has 0 aliphatic heterocycles. The van der Waals surface area contributed by atoms with E-state index in [1.54, 1.807) is 14.2 Å². The molecule has 1 fully saturated rings. The molecule has 2 heterocycles. The number of nitrogens with one attached hydrogen (secondary N) is 1. The zero-order valence-corrected chi connectivity index (χ0v) is 23.4. The number of amides is 1. The number of aromatic nitrogens is 3. The molecule has 198 valence electrons. The van der Waals surface area contributed by atoms with Crippen LogP contribution in [0.25, 0.3) is 11.4 Å². The summed E-state index contributed by atoms with van der Waals surface area (Å²) in [6, 6.07) is 5.96. The predicted molar refractivity (Wildman–Crippen MR) is 145 cm³/mol. The van der Waals surface area contributed by atoms with Gasteiger partial charge in [-0.2, -0.15) is 0 Å². The van der Waals surface area contributed by atoms with Gasteiger partial charge >= 0.3 is 5.97 Å². The summed E-state index contributed by atoms with van der Waals surface area (Å²) in [6.07, 6.45) is 5.58. The van der Waals surface area contributed by atoms with Crippen molar-refractivity contribution in [2.75, 3.05) is 32.4 Å². The summed E-state index contributed by atoms with van der Waals surface area (Å²) in [4.78, 5) is 26.1. The topological polar surface area (TPSA) is 105 Å². The van der Waals surface area contributed by atoms with Crippen molar-refractivity contribution in [1.29, 1.82) is 0 Å². The predicted octanol–water partition coefficient (Wildman–Crippen LogP) is 5.66. The molecule has 0 saturated heterocycles. The third kappa shape index (κ3) is 5.77. The first-order valence-corrected chi connectivity index (χ1v) is 14.0. The largest absolute Gasteiger partial charge is 0.493 e. The number of carbonyl (C=O) groups excluding carboxylic acids is 2. The van der Waals surface area contributed by atoms with Gasteiger partial charge in [-0.3, -0.25) is 9.36 Å². The fraction of sp³-hybridized carbons (Fsp3) is 0.462. The summed E-state index contributed by atoms with van der Waals surface area (Å²) in [6.45, 7) is 3.77. The second-order valence-electron chi connectivity index (χ2n) is 8.85. The zero-order chi connectivity index (χ0) is 26.5. The Hall–Kier alpha value is -3.05. The van der Waals surface area contributed by atoms with E-state index in [1.807, 2.05) is 32.0 Å². The van der Waals surface area contributed by atoms with E-state index in [9.17, 15) is 9.59 Å². The van der Waals surface area contributed by atoms with E-state index in [0.717, 1.165) is 47.5 Å². The highest BCUT2D eigenvalue weighted by molar-refractivity contribution is 7.99. The van der Waals surface area contributed by atoms with Gasteiger partial charge in [-0.25, -0.2) is 4.79 Å². The third-order valence-corrected chi connectivity index (χ3v) is 8.67. The van der Waals surface area contributed by atoms with E-state index in [0.29, 0.717) is 27.2 Å². The van der Waals surface area contributed by atoms with Gasteiger partial charge in [0.2, 0.25) is 5.91 Å². The van der Waals surface area contributed by atoms with E-state index >= 15 is 0 Å². The van der Waals surface area contributed by atoms with Crippen LogP contribution < -0.4 is 14.8 Å². The maximum absolute atomic E-state index is 12.9. The average Bonchev–Trinajstić information content (AvgIpc) is 3.47. The minimum Gasteiger partial charge on any atom is -0.493 e. The highest BCUT2D eigenvalue weighted by atomic mass is 32.2. The molecule has 37 heavy (non-hydrogen) atoms. The molecule has 1 saturated carbocycles. The molecule has 1 aliphatic carbocycles. The van der Waals surface area contributed by atoms with Crippen molar-refractivity contribution in [1.82, 2.24) is 14.8 Å². The summed E-state index contributed by atoms with van der Waals surface area (Å²) in [5, 5.41) is 13.1. The van der Waals surface area contributed by atoms with Crippen molar-refractivity contribution in [3.63, 3.8) is 0 Å². The van der Waals surface area contributed by atoms with Crippen molar-refractivity contribution in [2.45, 2.75) is 57.1 Å². The van der Waals surface area contributed by atoms with Gasteiger partial charge in [0, 0.05) is 16.5 Å². The molecule has 2 aromatic heterocycles. The first-order valence-electron chi connectivity index (χ1n) is 12.2. The molecule has 4 rings (SSSR count). The number of esters is 1. The van der Waals surface area contributed by atoms with Gasteiger partial charge in [-0.15, -0.1) is 21.5 Å². The number of benzene rings is 1. The minimum absolute atomic E-state index is 0.132. The second kappa shape index (κ2) is 12.0. The summed E-state index contributed by atoms with van der Waals surface area (Å²) >= 11 is 2.71. The molecule has 0 bridgehead atoms. The number of thiophene rings is 1. The van der Waals surface area contributed by atoms with Crippen molar-refractivity contribution < 1.29 is 23.8 Å². The molecule has 1 N–H and O–H groups in total. The Balaban J connectivity index is 1.58. The van der Waals surface area contributed by atoms with E-state index < -0.39 is 5.97 Å². The number of thioether (sulfide) groups is 1. The molecular weight excluding hydrogens is 512 g/mol. The molecule has 1 aliphatic rings. The van der Waals surface area contributed by atoms with Crippen LogP contribution in [0.1, 0.15) is 58.9 Å². The van der Waals surface area contributed by atoms with Gasteiger partial charge in [0.05, 0.1) is 32.6 Å². The van der Waals surface area contributed by atoms with Crippen LogP contribution in [0.3, 0.4) is 0 Å². The molecular formula is C26H32N4O5S2. The fourth-order valence-corrected chi connectivity index (χ4v) is 6.44. The average molecular weight is 545 g/mol. The van der Waals surface area contributed by atoms with Crippen LogP contribution in [-0.2, 0) is 9.53 Å². The monoisotopic (exact) mass is 544 g/mol. The zero-order valence-electron chi connectivity index (χ0n) is 21.8. The van der Waals surface area contributed by atoms with Crippen molar-refractivity contribution in [3.05, 3.63) is 34.2 Å². The maximum Gasteiger partial charge on any atom is 0.341 e. The lowest BCUT2D eigenvalue weighted by molar-refractivity contribution is -0.113. The van der Waals surface area contributed by atoms with Gasteiger partial charge in [-0.05, 0) is 50.5 Å². The fourth-order valence-electron chi connectivity index (χ4n) is 4.57. The SMILES string of the molecule is COC(=O)c1c(NC(=O)CSc2nnc(-c3ccc(OC)c(OC)c3)n2C2CCCCC2)sc(C)c1C. The number of ether oxygens (including phenoxy) is 3. The summed E-state index contributed by atoms with van der Waals surface area (Å²) in [5.74, 6) is 1.46. The number of anilines is 1. The Labute approximate surface area is 224 Å². The number of hydrogen-bond donors (Lipinski definition) is 1. The van der Waals surface area contributed by atoms with Crippen molar-refractivity contribution in [3.8, 4) is 22.9 Å². The van der Waals surface area contributed by atoms with E-state index in [4.69, 9.17) is 14.2 Å². The number of methoxy groups -OCH3 is 3. The third-order valence-electron chi connectivity index (χ3n) is 6.61. The van der Waals surface area contributed by atoms with Gasteiger partial charge in [0.1, 0.15) is 5.00 Å². The van der Waals surface area contributed by atoms with Crippen molar-refractivity contribution in [2.24, 2.45) is 0 Å². The Morgan fingerprint density at radius 3 is 2.49 bits per heavy atom. The molecule has 11 heteroatoms. The summed E-state index contributed by atoms with van der Waals surface area (Å²) in [5.41, 5.74) is 2.10. The molecule has 0 atom stereocenters. The van der Waals surface area contributed by atoms with E-state index in [2.05, 4.69) is 20.1 Å². The summed E-state index contributed by atoms with van der Waals surface area (Å²) in [7, 11) is 4.55. The maximum atomic E-state index is 12.9. The van der Waals surface area contributed by atoms with Gasteiger partial charge < -0.3 is 19.5 Å². The first-order chi connectivity index (χ1) is 17.9. The Kier molecular flexibility index (Phi) is 8.75. The number of rotatable bonds is 9. The molecule has 3 aromatic rings. The first kappa shape index (κ1) is 27.0. The number of nitrogens with zero attached hydrogens (tertiary/aromatic N) is 3. The van der Waals surface area contributed by atoms with Crippen LogP contribution in [0.2, 0.25) is 0 Å². The van der Waals surface area contributed by atoms with Crippen molar-refractivity contribution >= 4 is 40.0 Å². The van der Waals surface area contributed by atoms with E-state index in [1.165, 1.54) is 36.6 Å². The Morgan fingerprint density at radius 2 is 1.81 bits per heavy atom. The number of carbonyl (C=O) groups is 2. The van der Waals surface area contributed by atoms with Crippen LogP contribution in [-0.4, -0.2) is 53.7 Å². The molecule has 1 aromatic carbocycles. The normalized spacial score (nSPS) is 13.9. The Morgan fingerprint density at radius 1 is 1.08 bits per heavy atom. The van der Waals surface area contributed by atoms with E-state index in [-0.39, 0.29) is 17.7 Å². The molecule has 0 spiro atoms.